The fourth-order valence-electron chi connectivity index (χ4n) is 2.83. The summed E-state index contributed by atoms with van der Waals surface area (Å²) in [5, 5.41) is 6.89. The van der Waals surface area contributed by atoms with Crippen molar-refractivity contribution in [2.45, 2.75) is 18.8 Å². The molecule has 3 aromatic carbocycles. The lowest BCUT2D eigenvalue weighted by atomic mass is 9.87. The SMILES string of the molecule is O=CO.c1ccc(CC(Cc2ccccc2)c2ccccc2)cc1. The van der Waals surface area contributed by atoms with Crippen LogP contribution in [-0.2, 0) is 17.6 Å². The maximum absolute atomic E-state index is 8.36. The van der Waals surface area contributed by atoms with Crippen LogP contribution in [0.2, 0.25) is 0 Å². The number of hydrogen-bond donors (Lipinski definition) is 1. The van der Waals surface area contributed by atoms with E-state index < -0.39 is 0 Å². The summed E-state index contributed by atoms with van der Waals surface area (Å²) in [6.07, 6.45) is 2.17. The molecule has 2 heteroatoms. The highest BCUT2D eigenvalue weighted by molar-refractivity contribution is 5.32. The first-order valence-corrected chi connectivity index (χ1v) is 8.04. The van der Waals surface area contributed by atoms with Crippen molar-refractivity contribution < 1.29 is 9.90 Å². The van der Waals surface area contributed by atoms with E-state index in [-0.39, 0.29) is 6.47 Å². The smallest absolute Gasteiger partial charge is 0.290 e. The molecule has 122 valence electrons. The Morgan fingerprint density at radius 1 is 0.667 bits per heavy atom. The minimum atomic E-state index is -0.250. The topological polar surface area (TPSA) is 37.3 Å². The molecular weight excluding hydrogens is 296 g/mol. The van der Waals surface area contributed by atoms with Gasteiger partial charge in [0.15, 0.2) is 0 Å². The first-order chi connectivity index (χ1) is 11.8. The molecule has 3 aromatic rings. The molecule has 3 rings (SSSR count). The lowest BCUT2D eigenvalue weighted by Gasteiger charge is -2.18. The minimum Gasteiger partial charge on any atom is -0.483 e. The molecule has 0 heterocycles. The van der Waals surface area contributed by atoms with Gasteiger partial charge in [-0.05, 0) is 35.4 Å². The molecule has 0 atom stereocenters. The molecule has 0 aliphatic heterocycles. The number of carbonyl (C=O) groups is 1. The van der Waals surface area contributed by atoms with Crippen molar-refractivity contribution in [1.29, 1.82) is 0 Å². The van der Waals surface area contributed by atoms with E-state index in [1.54, 1.807) is 0 Å². The average molecular weight is 318 g/mol. The highest BCUT2D eigenvalue weighted by Crippen LogP contribution is 2.25. The third-order valence-electron chi connectivity index (χ3n) is 3.92. The van der Waals surface area contributed by atoms with Crippen molar-refractivity contribution in [3.8, 4) is 0 Å². The molecule has 0 spiro atoms. The van der Waals surface area contributed by atoms with Gasteiger partial charge in [0.2, 0.25) is 0 Å². The van der Waals surface area contributed by atoms with Gasteiger partial charge < -0.3 is 5.11 Å². The van der Waals surface area contributed by atoms with Crippen molar-refractivity contribution in [3.63, 3.8) is 0 Å². The van der Waals surface area contributed by atoms with Crippen LogP contribution in [0.4, 0.5) is 0 Å². The van der Waals surface area contributed by atoms with Crippen LogP contribution in [0.3, 0.4) is 0 Å². The summed E-state index contributed by atoms with van der Waals surface area (Å²) >= 11 is 0. The molecule has 0 radical (unpaired) electrons. The van der Waals surface area contributed by atoms with Gasteiger partial charge in [0.1, 0.15) is 0 Å². The van der Waals surface area contributed by atoms with Crippen LogP contribution in [0.5, 0.6) is 0 Å². The molecule has 0 bridgehead atoms. The minimum absolute atomic E-state index is 0.250. The van der Waals surface area contributed by atoms with E-state index in [1.807, 2.05) is 0 Å². The van der Waals surface area contributed by atoms with Gasteiger partial charge >= 0.3 is 0 Å². The largest absolute Gasteiger partial charge is 0.483 e. The fourth-order valence-corrected chi connectivity index (χ4v) is 2.83. The molecule has 0 aliphatic carbocycles. The molecule has 0 saturated carbocycles. The van der Waals surface area contributed by atoms with Crippen molar-refractivity contribution in [3.05, 3.63) is 108 Å². The third kappa shape index (κ3) is 5.73. The summed E-state index contributed by atoms with van der Waals surface area (Å²) in [7, 11) is 0. The molecule has 0 amide bonds. The highest BCUT2D eigenvalue weighted by Gasteiger charge is 2.13. The Kier molecular flexibility index (Phi) is 7.29. The standard InChI is InChI=1S/C21H20.CH2O2/c1-4-10-18(11-5-1)16-21(20-14-8-3-9-15-20)17-19-12-6-2-7-13-19;2-1-3/h1-15,21H,16-17H2;1H,(H,2,3). The Hall–Kier alpha value is -2.87. The van der Waals surface area contributed by atoms with Crippen LogP contribution in [0.25, 0.3) is 0 Å². The molecule has 0 fully saturated rings. The van der Waals surface area contributed by atoms with Gasteiger partial charge in [-0.3, -0.25) is 4.79 Å². The number of carboxylic acid groups (broad SMARTS) is 1. The number of hydrogen-bond acceptors (Lipinski definition) is 1. The summed E-state index contributed by atoms with van der Waals surface area (Å²) in [5.74, 6) is 0.524. The van der Waals surface area contributed by atoms with Gasteiger partial charge in [0.05, 0.1) is 0 Å². The van der Waals surface area contributed by atoms with Gasteiger partial charge in [-0.1, -0.05) is 91.0 Å². The predicted octanol–water partition coefficient (Wildman–Crippen LogP) is 4.96. The van der Waals surface area contributed by atoms with E-state index in [4.69, 9.17) is 9.90 Å². The second kappa shape index (κ2) is 10.0. The predicted molar refractivity (Wildman–Crippen MR) is 98.2 cm³/mol. The molecule has 0 saturated heterocycles. The first-order valence-electron chi connectivity index (χ1n) is 8.04. The van der Waals surface area contributed by atoms with Crippen molar-refractivity contribution in [2.75, 3.05) is 0 Å². The number of rotatable bonds is 5. The van der Waals surface area contributed by atoms with Crippen molar-refractivity contribution in [1.82, 2.24) is 0 Å². The van der Waals surface area contributed by atoms with E-state index in [9.17, 15) is 0 Å². The second-order valence-electron chi connectivity index (χ2n) is 5.59. The van der Waals surface area contributed by atoms with E-state index in [0.29, 0.717) is 5.92 Å². The van der Waals surface area contributed by atoms with Crippen molar-refractivity contribution >= 4 is 6.47 Å². The second-order valence-corrected chi connectivity index (χ2v) is 5.59. The van der Waals surface area contributed by atoms with Crippen LogP contribution in [0.15, 0.2) is 91.0 Å². The van der Waals surface area contributed by atoms with Crippen LogP contribution in [0, 0.1) is 0 Å². The molecular formula is C22H22O2. The van der Waals surface area contributed by atoms with Crippen molar-refractivity contribution in [2.24, 2.45) is 0 Å². The fraction of sp³-hybridized carbons (Fsp3) is 0.136. The summed E-state index contributed by atoms with van der Waals surface area (Å²) in [5.41, 5.74) is 4.23. The summed E-state index contributed by atoms with van der Waals surface area (Å²) < 4.78 is 0. The highest BCUT2D eigenvalue weighted by atomic mass is 16.3. The monoisotopic (exact) mass is 318 g/mol. The zero-order valence-corrected chi connectivity index (χ0v) is 13.6. The van der Waals surface area contributed by atoms with Crippen LogP contribution in [0.1, 0.15) is 22.6 Å². The zero-order chi connectivity index (χ0) is 17.0. The van der Waals surface area contributed by atoms with E-state index >= 15 is 0 Å². The van der Waals surface area contributed by atoms with E-state index in [0.717, 1.165) is 12.8 Å². The van der Waals surface area contributed by atoms with Gasteiger partial charge in [0.25, 0.3) is 6.47 Å². The molecule has 0 unspecified atom stereocenters. The Labute approximate surface area is 143 Å². The third-order valence-corrected chi connectivity index (χ3v) is 3.92. The summed E-state index contributed by atoms with van der Waals surface area (Å²) in [6, 6.07) is 32.4. The Bertz CT molecular complexity index is 652. The first kappa shape index (κ1) is 17.5. The molecule has 2 nitrogen and oxygen atoms in total. The maximum Gasteiger partial charge on any atom is 0.290 e. The molecule has 24 heavy (non-hydrogen) atoms. The Balaban J connectivity index is 0.000000647. The lowest BCUT2D eigenvalue weighted by molar-refractivity contribution is -0.122. The molecule has 0 aromatic heterocycles. The zero-order valence-electron chi connectivity index (χ0n) is 13.6. The van der Waals surface area contributed by atoms with Crippen LogP contribution in [-0.4, -0.2) is 11.6 Å². The van der Waals surface area contributed by atoms with Gasteiger partial charge in [-0.2, -0.15) is 0 Å². The van der Waals surface area contributed by atoms with Gasteiger partial charge in [-0.15, -0.1) is 0 Å². The average Bonchev–Trinajstić information content (AvgIpc) is 2.64. The van der Waals surface area contributed by atoms with E-state index in [1.165, 1.54) is 16.7 Å². The van der Waals surface area contributed by atoms with E-state index in [2.05, 4.69) is 91.0 Å². The number of benzene rings is 3. The Morgan fingerprint density at radius 2 is 1.00 bits per heavy atom. The Morgan fingerprint density at radius 3 is 1.38 bits per heavy atom. The lowest BCUT2D eigenvalue weighted by Crippen LogP contribution is -2.06. The van der Waals surface area contributed by atoms with Crippen LogP contribution >= 0.6 is 0 Å². The normalized spacial score (nSPS) is 9.88. The quantitative estimate of drug-likeness (QED) is 0.675. The summed E-state index contributed by atoms with van der Waals surface area (Å²) in [4.78, 5) is 8.36. The molecule has 0 aliphatic rings. The molecule has 1 N–H and O–H groups in total. The van der Waals surface area contributed by atoms with Gasteiger partial charge in [0, 0.05) is 0 Å². The van der Waals surface area contributed by atoms with Crippen LogP contribution < -0.4 is 0 Å². The summed E-state index contributed by atoms with van der Waals surface area (Å²) in [6.45, 7) is -0.250. The van der Waals surface area contributed by atoms with Gasteiger partial charge in [-0.25, -0.2) is 0 Å². The maximum atomic E-state index is 8.36.